The van der Waals surface area contributed by atoms with Gasteiger partial charge >= 0.3 is 0 Å². The Bertz CT molecular complexity index is 283. The quantitative estimate of drug-likeness (QED) is 0.595. The molecule has 1 aliphatic rings. The summed E-state index contributed by atoms with van der Waals surface area (Å²) in [6.07, 6.45) is -2.12. The Hall–Kier alpha value is -0.880. The first-order valence-electron chi connectivity index (χ1n) is 4.40. The molecule has 14 heavy (non-hydrogen) atoms. The lowest BCUT2D eigenvalue weighted by molar-refractivity contribution is -0.0290. The van der Waals surface area contributed by atoms with E-state index >= 15 is 0 Å². The van der Waals surface area contributed by atoms with Crippen LogP contribution in [0.5, 0.6) is 0 Å². The van der Waals surface area contributed by atoms with E-state index in [9.17, 15) is 10.2 Å². The highest BCUT2D eigenvalue weighted by Gasteiger charge is 2.44. The lowest BCUT2D eigenvalue weighted by Gasteiger charge is -2.11. The van der Waals surface area contributed by atoms with Gasteiger partial charge in [0.2, 0.25) is 0 Å². The van der Waals surface area contributed by atoms with Crippen molar-refractivity contribution in [1.82, 2.24) is 0 Å². The molecule has 1 unspecified atom stereocenters. The van der Waals surface area contributed by atoms with Crippen LogP contribution in [-0.4, -0.2) is 40.2 Å². The van der Waals surface area contributed by atoms with Crippen molar-refractivity contribution in [3.8, 4) is 0 Å². The van der Waals surface area contributed by atoms with Gasteiger partial charge in [0.1, 0.15) is 30.2 Å². The number of furan rings is 1. The van der Waals surface area contributed by atoms with Crippen molar-refractivity contribution in [2.75, 3.05) is 6.61 Å². The Kier molecular flexibility index (Phi) is 2.56. The van der Waals surface area contributed by atoms with Gasteiger partial charge in [-0.05, 0) is 12.1 Å². The standard InChI is InChI=1S/C9H12O5/c10-4-6-7(11)8(12)9(14-6)5-2-1-3-13-5/h1-3,6-12H,4H2/t6-,7-,8-,9?/m1/s1. The number of ether oxygens (including phenoxy) is 1. The van der Waals surface area contributed by atoms with Crippen LogP contribution in [0, 0.1) is 0 Å². The molecule has 1 fully saturated rings. The van der Waals surface area contributed by atoms with E-state index in [1.54, 1.807) is 12.1 Å². The van der Waals surface area contributed by atoms with Gasteiger partial charge < -0.3 is 24.5 Å². The molecule has 1 aromatic heterocycles. The van der Waals surface area contributed by atoms with E-state index in [-0.39, 0.29) is 6.61 Å². The maximum Gasteiger partial charge on any atom is 0.144 e. The zero-order valence-electron chi connectivity index (χ0n) is 7.41. The van der Waals surface area contributed by atoms with Crippen molar-refractivity contribution >= 4 is 0 Å². The van der Waals surface area contributed by atoms with Crippen LogP contribution in [0.15, 0.2) is 22.8 Å². The second kappa shape index (κ2) is 3.70. The fourth-order valence-corrected chi connectivity index (χ4v) is 1.59. The topological polar surface area (TPSA) is 83.1 Å². The average Bonchev–Trinajstić information content (AvgIpc) is 2.78. The second-order valence-electron chi connectivity index (χ2n) is 3.27. The van der Waals surface area contributed by atoms with Crippen LogP contribution in [0.25, 0.3) is 0 Å². The van der Waals surface area contributed by atoms with Crippen molar-refractivity contribution in [2.45, 2.75) is 24.4 Å². The molecular formula is C9H12O5. The second-order valence-corrected chi connectivity index (χ2v) is 3.27. The van der Waals surface area contributed by atoms with Crippen molar-refractivity contribution in [1.29, 1.82) is 0 Å². The van der Waals surface area contributed by atoms with Gasteiger partial charge in [0.25, 0.3) is 0 Å². The van der Waals surface area contributed by atoms with Crippen molar-refractivity contribution in [3.63, 3.8) is 0 Å². The highest BCUT2D eigenvalue weighted by atomic mass is 16.6. The fourth-order valence-electron chi connectivity index (χ4n) is 1.59. The summed E-state index contributed by atoms with van der Waals surface area (Å²) in [5.74, 6) is 0.451. The Morgan fingerprint density at radius 3 is 2.57 bits per heavy atom. The van der Waals surface area contributed by atoms with Crippen molar-refractivity contribution in [3.05, 3.63) is 24.2 Å². The smallest absolute Gasteiger partial charge is 0.144 e. The van der Waals surface area contributed by atoms with Crippen molar-refractivity contribution in [2.24, 2.45) is 0 Å². The van der Waals surface area contributed by atoms with Gasteiger partial charge in [-0.3, -0.25) is 0 Å². The first-order valence-corrected chi connectivity index (χ1v) is 4.40. The van der Waals surface area contributed by atoms with E-state index < -0.39 is 24.4 Å². The molecule has 3 N–H and O–H groups in total. The minimum atomic E-state index is -1.07. The van der Waals surface area contributed by atoms with Gasteiger partial charge in [-0.25, -0.2) is 0 Å². The van der Waals surface area contributed by atoms with Gasteiger partial charge in [-0.2, -0.15) is 0 Å². The summed E-state index contributed by atoms with van der Waals surface area (Å²) in [5.41, 5.74) is 0. The molecule has 0 aliphatic carbocycles. The number of aliphatic hydroxyl groups is 3. The molecule has 0 amide bonds. The molecule has 2 heterocycles. The largest absolute Gasteiger partial charge is 0.466 e. The minimum absolute atomic E-state index is 0.324. The molecule has 1 aromatic rings. The van der Waals surface area contributed by atoms with E-state index in [2.05, 4.69) is 0 Å². The summed E-state index contributed by atoms with van der Waals surface area (Å²) in [5, 5.41) is 27.9. The summed E-state index contributed by atoms with van der Waals surface area (Å²) < 4.78 is 10.3. The third kappa shape index (κ3) is 1.44. The molecular weight excluding hydrogens is 188 g/mol. The predicted molar refractivity (Wildman–Crippen MR) is 45.4 cm³/mol. The number of aliphatic hydroxyl groups excluding tert-OH is 3. The number of hydrogen-bond donors (Lipinski definition) is 3. The first kappa shape index (κ1) is 9.67. The molecule has 0 radical (unpaired) electrons. The van der Waals surface area contributed by atoms with Gasteiger partial charge in [-0.15, -0.1) is 0 Å². The van der Waals surface area contributed by atoms with Crippen LogP contribution in [0.2, 0.25) is 0 Å². The van der Waals surface area contributed by atoms with E-state index in [1.807, 2.05) is 0 Å². The zero-order chi connectivity index (χ0) is 10.1. The van der Waals surface area contributed by atoms with E-state index in [1.165, 1.54) is 6.26 Å². The van der Waals surface area contributed by atoms with Gasteiger partial charge in [0, 0.05) is 0 Å². The van der Waals surface area contributed by atoms with Crippen LogP contribution < -0.4 is 0 Å². The van der Waals surface area contributed by atoms with Crippen LogP contribution >= 0.6 is 0 Å². The zero-order valence-corrected chi connectivity index (χ0v) is 7.41. The summed E-state index contributed by atoms with van der Waals surface area (Å²) >= 11 is 0. The molecule has 1 saturated heterocycles. The Balaban J connectivity index is 2.16. The third-order valence-corrected chi connectivity index (χ3v) is 2.37. The third-order valence-electron chi connectivity index (χ3n) is 2.37. The SMILES string of the molecule is OC[C@H]1OC(c2ccco2)[C@H](O)[C@@H]1O. The lowest BCUT2D eigenvalue weighted by atomic mass is 10.1. The molecule has 0 bridgehead atoms. The van der Waals surface area contributed by atoms with Gasteiger partial charge in [0.05, 0.1) is 12.9 Å². The molecule has 0 aromatic carbocycles. The number of hydrogen-bond acceptors (Lipinski definition) is 5. The summed E-state index contributed by atoms with van der Waals surface area (Å²) in [6, 6.07) is 3.32. The molecule has 0 saturated carbocycles. The highest BCUT2D eigenvalue weighted by molar-refractivity contribution is 5.08. The normalized spacial score (nSPS) is 37.6. The molecule has 2 rings (SSSR count). The molecule has 1 aliphatic heterocycles. The first-order chi connectivity index (χ1) is 6.74. The maximum absolute atomic E-state index is 9.58. The van der Waals surface area contributed by atoms with Crippen LogP contribution in [0.3, 0.4) is 0 Å². The monoisotopic (exact) mass is 200 g/mol. The van der Waals surface area contributed by atoms with E-state index in [4.69, 9.17) is 14.3 Å². The predicted octanol–water partition coefficient (Wildman–Crippen LogP) is -0.566. The van der Waals surface area contributed by atoms with Crippen LogP contribution in [0.1, 0.15) is 11.9 Å². The molecule has 78 valence electrons. The molecule has 5 heteroatoms. The summed E-state index contributed by atoms with van der Waals surface area (Å²) in [7, 11) is 0. The molecule has 0 spiro atoms. The Morgan fingerprint density at radius 1 is 1.29 bits per heavy atom. The molecule has 4 atom stereocenters. The molecule has 5 nitrogen and oxygen atoms in total. The van der Waals surface area contributed by atoms with Gasteiger partial charge in [-0.1, -0.05) is 0 Å². The van der Waals surface area contributed by atoms with Crippen LogP contribution in [-0.2, 0) is 4.74 Å². The lowest BCUT2D eigenvalue weighted by Crippen LogP contribution is -2.32. The average molecular weight is 200 g/mol. The van der Waals surface area contributed by atoms with Gasteiger partial charge in [0.15, 0.2) is 0 Å². The Labute approximate surface area is 80.5 Å². The van der Waals surface area contributed by atoms with Crippen molar-refractivity contribution < 1.29 is 24.5 Å². The maximum atomic E-state index is 9.58. The summed E-state index contributed by atoms with van der Waals surface area (Å²) in [6.45, 7) is -0.324. The van der Waals surface area contributed by atoms with Crippen LogP contribution in [0.4, 0.5) is 0 Å². The highest BCUT2D eigenvalue weighted by Crippen LogP contribution is 2.33. The minimum Gasteiger partial charge on any atom is -0.466 e. The number of rotatable bonds is 2. The van der Waals surface area contributed by atoms with E-state index in [0.29, 0.717) is 5.76 Å². The summed E-state index contributed by atoms with van der Waals surface area (Å²) in [4.78, 5) is 0. The fraction of sp³-hybridized carbons (Fsp3) is 0.556. The Morgan fingerprint density at radius 2 is 2.07 bits per heavy atom. The van der Waals surface area contributed by atoms with E-state index in [0.717, 1.165) is 0 Å².